The van der Waals surface area contributed by atoms with Crippen molar-refractivity contribution in [3.8, 4) is 0 Å². The van der Waals surface area contributed by atoms with Crippen LogP contribution in [0.25, 0.3) is 0 Å². The third-order valence-electron chi connectivity index (χ3n) is 5.34. The number of sulfonamides is 1. The van der Waals surface area contributed by atoms with Gasteiger partial charge in [0.15, 0.2) is 0 Å². The molecule has 1 fully saturated rings. The summed E-state index contributed by atoms with van der Waals surface area (Å²) in [6, 6.07) is 3.65. The first-order valence-corrected chi connectivity index (χ1v) is 8.50. The van der Waals surface area contributed by atoms with E-state index >= 15 is 0 Å². The van der Waals surface area contributed by atoms with E-state index in [0.717, 1.165) is 6.07 Å². The molecule has 0 amide bonds. The van der Waals surface area contributed by atoms with E-state index in [0.29, 0.717) is 12.1 Å². The van der Waals surface area contributed by atoms with E-state index in [4.69, 9.17) is 5.73 Å². The van der Waals surface area contributed by atoms with E-state index in [-0.39, 0.29) is 28.2 Å². The third kappa shape index (κ3) is 2.72. The summed E-state index contributed by atoms with van der Waals surface area (Å²) in [5, 5.41) is 0. The predicted molar refractivity (Wildman–Crippen MR) is 80.5 cm³/mol. The van der Waals surface area contributed by atoms with Crippen molar-refractivity contribution in [2.24, 2.45) is 22.5 Å². The summed E-state index contributed by atoms with van der Waals surface area (Å²) in [7, 11) is -3.75. The summed E-state index contributed by atoms with van der Waals surface area (Å²) in [4.78, 5) is -0.0683. The minimum atomic E-state index is -3.75. The molecule has 0 radical (unpaired) electrons. The Hall–Kier alpha value is -0.980. The van der Waals surface area contributed by atoms with E-state index in [2.05, 4.69) is 32.4 Å². The van der Waals surface area contributed by atoms with Gasteiger partial charge in [-0.3, -0.25) is 0 Å². The van der Waals surface area contributed by atoms with Gasteiger partial charge < -0.3 is 5.73 Å². The lowest BCUT2D eigenvalue weighted by Crippen LogP contribution is -2.28. The van der Waals surface area contributed by atoms with Gasteiger partial charge in [-0.05, 0) is 34.4 Å². The summed E-state index contributed by atoms with van der Waals surface area (Å²) >= 11 is 0. The Labute approximate surface area is 126 Å². The van der Waals surface area contributed by atoms with E-state index in [9.17, 15) is 12.8 Å². The van der Waals surface area contributed by atoms with Crippen molar-refractivity contribution in [1.29, 1.82) is 0 Å². The Bertz CT molecular complexity index is 640. The molecule has 118 valence electrons. The molecule has 0 bridgehead atoms. The molecule has 1 saturated carbocycles. The molecule has 4 nitrogen and oxygen atoms in total. The molecule has 0 saturated heterocycles. The smallest absolute Gasteiger partial charge is 0.241 e. The molecule has 0 spiro atoms. The van der Waals surface area contributed by atoms with E-state index in [1.165, 1.54) is 12.1 Å². The lowest BCUT2D eigenvalue weighted by molar-refractivity contribution is 0.457. The molecule has 1 aromatic carbocycles. The van der Waals surface area contributed by atoms with Gasteiger partial charge in [0.2, 0.25) is 10.0 Å². The highest BCUT2D eigenvalue weighted by molar-refractivity contribution is 7.89. The number of nitrogens with two attached hydrogens (primary N) is 1. The molecule has 1 aliphatic rings. The number of hydrogen-bond donors (Lipinski definition) is 2. The molecule has 0 aromatic heterocycles. The number of rotatable bonds is 5. The van der Waals surface area contributed by atoms with Crippen LogP contribution in [0.3, 0.4) is 0 Å². The fourth-order valence-electron chi connectivity index (χ4n) is 3.06. The lowest BCUT2D eigenvalue weighted by atomic mass is 10.0. The molecule has 21 heavy (non-hydrogen) atoms. The van der Waals surface area contributed by atoms with Gasteiger partial charge in [-0.15, -0.1) is 0 Å². The molecule has 0 heterocycles. The zero-order chi connectivity index (χ0) is 16.1. The van der Waals surface area contributed by atoms with Crippen LogP contribution < -0.4 is 10.5 Å². The number of nitrogens with one attached hydrogen (secondary N) is 1. The van der Waals surface area contributed by atoms with Crippen LogP contribution in [0, 0.1) is 22.6 Å². The van der Waals surface area contributed by atoms with Crippen LogP contribution in [0.5, 0.6) is 0 Å². The Balaban J connectivity index is 2.19. The van der Waals surface area contributed by atoms with Crippen LogP contribution in [-0.4, -0.2) is 15.0 Å². The van der Waals surface area contributed by atoms with Crippen molar-refractivity contribution in [3.05, 3.63) is 29.6 Å². The lowest BCUT2D eigenvalue weighted by Gasteiger charge is -2.11. The Morgan fingerprint density at radius 1 is 1.24 bits per heavy atom. The van der Waals surface area contributed by atoms with Crippen molar-refractivity contribution in [2.75, 3.05) is 6.54 Å². The highest BCUT2D eigenvalue weighted by Gasteiger charge is 2.64. The maximum absolute atomic E-state index is 13.3. The summed E-state index contributed by atoms with van der Waals surface area (Å²) in [5.41, 5.74) is 6.14. The molecular formula is C15H23FN2O2S. The van der Waals surface area contributed by atoms with Crippen molar-refractivity contribution < 1.29 is 12.8 Å². The Kier molecular flexibility index (Phi) is 3.93. The van der Waals surface area contributed by atoms with Gasteiger partial charge >= 0.3 is 0 Å². The molecule has 0 aliphatic heterocycles. The second-order valence-electron chi connectivity index (χ2n) is 6.80. The van der Waals surface area contributed by atoms with Gasteiger partial charge in [0.25, 0.3) is 0 Å². The van der Waals surface area contributed by atoms with Crippen molar-refractivity contribution in [2.45, 2.75) is 39.1 Å². The van der Waals surface area contributed by atoms with Crippen molar-refractivity contribution >= 4 is 10.0 Å². The number of hydrogen-bond acceptors (Lipinski definition) is 3. The van der Waals surface area contributed by atoms with Gasteiger partial charge in [0.1, 0.15) is 5.82 Å². The molecule has 6 heteroatoms. The first kappa shape index (κ1) is 16.4. The maximum atomic E-state index is 13.3. The Morgan fingerprint density at radius 3 is 2.29 bits per heavy atom. The molecular weight excluding hydrogens is 291 g/mol. The van der Waals surface area contributed by atoms with E-state index in [1.807, 2.05) is 0 Å². The average molecular weight is 314 g/mol. The van der Waals surface area contributed by atoms with Crippen molar-refractivity contribution in [3.63, 3.8) is 0 Å². The molecule has 0 atom stereocenters. The fourth-order valence-corrected chi connectivity index (χ4v) is 4.37. The van der Waals surface area contributed by atoms with Gasteiger partial charge in [-0.1, -0.05) is 33.8 Å². The monoisotopic (exact) mass is 314 g/mol. The first-order valence-electron chi connectivity index (χ1n) is 7.02. The second-order valence-corrected chi connectivity index (χ2v) is 8.54. The summed E-state index contributed by atoms with van der Waals surface area (Å²) in [5.74, 6) is -0.325. The summed E-state index contributed by atoms with van der Waals surface area (Å²) in [6.07, 6.45) is 0. The molecule has 0 unspecified atom stereocenters. The molecule has 1 aliphatic carbocycles. The summed E-state index contributed by atoms with van der Waals surface area (Å²) < 4.78 is 40.7. The summed E-state index contributed by atoms with van der Waals surface area (Å²) in [6.45, 7) is 8.90. The van der Waals surface area contributed by atoms with E-state index in [1.54, 1.807) is 0 Å². The van der Waals surface area contributed by atoms with Gasteiger partial charge in [0.05, 0.1) is 4.90 Å². The van der Waals surface area contributed by atoms with Gasteiger partial charge in [-0.25, -0.2) is 17.5 Å². The Morgan fingerprint density at radius 2 is 1.81 bits per heavy atom. The predicted octanol–water partition coefficient (Wildman–Crippen LogP) is 2.24. The zero-order valence-electron chi connectivity index (χ0n) is 12.9. The standard InChI is InChI=1S/C15H23FN2O2S/c1-14(2)13(15(14,3)4)9-18-21(19,20)12-7-11(16)6-5-10(12)8-17/h5-7,13,18H,8-9,17H2,1-4H3. The van der Waals surface area contributed by atoms with Crippen LogP contribution in [-0.2, 0) is 16.6 Å². The fraction of sp³-hybridized carbons (Fsp3) is 0.600. The van der Waals surface area contributed by atoms with Crippen LogP contribution in [0.15, 0.2) is 23.1 Å². The quantitative estimate of drug-likeness (QED) is 0.875. The highest BCUT2D eigenvalue weighted by Crippen LogP contribution is 2.67. The molecule has 3 N–H and O–H groups in total. The third-order valence-corrected chi connectivity index (χ3v) is 6.84. The number of halogens is 1. The molecule has 1 aromatic rings. The largest absolute Gasteiger partial charge is 0.326 e. The second kappa shape index (κ2) is 5.04. The zero-order valence-corrected chi connectivity index (χ0v) is 13.7. The maximum Gasteiger partial charge on any atom is 0.241 e. The van der Waals surface area contributed by atoms with Crippen molar-refractivity contribution in [1.82, 2.24) is 4.72 Å². The molecule has 2 rings (SSSR count). The first-order chi connectivity index (χ1) is 9.54. The van der Waals surface area contributed by atoms with Gasteiger partial charge in [0, 0.05) is 13.1 Å². The van der Waals surface area contributed by atoms with Gasteiger partial charge in [-0.2, -0.15) is 0 Å². The average Bonchev–Trinajstić information content (AvgIpc) is 2.77. The SMILES string of the molecule is CC1(C)C(CNS(=O)(=O)c2cc(F)ccc2CN)C1(C)C. The van der Waals surface area contributed by atoms with Crippen LogP contribution in [0.2, 0.25) is 0 Å². The highest BCUT2D eigenvalue weighted by atomic mass is 32.2. The topological polar surface area (TPSA) is 72.2 Å². The minimum absolute atomic E-state index is 0.0525. The van der Waals surface area contributed by atoms with Crippen LogP contribution in [0.1, 0.15) is 33.3 Å². The van der Waals surface area contributed by atoms with E-state index < -0.39 is 15.8 Å². The number of benzene rings is 1. The van der Waals surface area contributed by atoms with Crippen LogP contribution >= 0.6 is 0 Å². The van der Waals surface area contributed by atoms with Crippen LogP contribution in [0.4, 0.5) is 4.39 Å². The normalized spacial score (nSPS) is 20.5. The minimum Gasteiger partial charge on any atom is -0.326 e.